The van der Waals surface area contributed by atoms with Crippen molar-refractivity contribution in [1.29, 1.82) is 0 Å². The Balaban J connectivity index is 2.49. The first-order chi connectivity index (χ1) is 25.0. The van der Waals surface area contributed by atoms with Crippen LogP contribution in [0, 0.1) is 0 Å². The molecule has 0 radical (unpaired) electrons. The zero-order valence-electron chi connectivity index (χ0n) is 32.4. The van der Waals surface area contributed by atoms with Crippen LogP contribution in [0.25, 0.3) is 0 Å². The highest BCUT2D eigenvalue weighted by atomic mass is 32.2. The van der Waals surface area contributed by atoms with Gasteiger partial charge >= 0.3 is 11.9 Å². The Morgan fingerprint density at radius 1 is 0.577 bits per heavy atom. The van der Waals surface area contributed by atoms with Crippen molar-refractivity contribution in [3.05, 3.63) is 0 Å². The molecule has 6 unspecified atom stereocenters. The fourth-order valence-corrected chi connectivity index (χ4v) is 7.13. The van der Waals surface area contributed by atoms with Crippen molar-refractivity contribution in [2.45, 2.75) is 218 Å². The summed E-state index contributed by atoms with van der Waals surface area (Å²) in [4.78, 5) is 25.2. The highest BCUT2D eigenvalue weighted by Gasteiger charge is 2.46. The van der Waals surface area contributed by atoms with E-state index in [9.17, 15) is 37.9 Å². The smallest absolute Gasteiger partial charge is 0.306 e. The van der Waals surface area contributed by atoms with E-state index in [-0.39, 0.29) is 19.4 Å². The van der Waals surface area contributed by atoms with Gasteiger partial charge < -0.3 is 34.3 Å². The second kappa shape index (κ2) is 30.9. The molecule has 52 heavy (non-hydrogen) atoms. The van der Waals surface area contributed by atoms with Gasteiger partial charge in [-0.3, -0.25) is 14.1 Å². The summed E-state index contributed by atoms with van der Waals surface area (Å²) in [5.74, 6) is -1.97. The summed E-state index contributed by atoms with van der Waals surface area (Å²) in [6.07, 6.45) is 18.7. The van der Waals surface area contributed by atoms with Crippen LogP contribution >= 0.6 is 0 Å². The second-order valence-corrected chi connectivity index (χ2v) is 16.2. The Morgan fingerprint density at radius 3 is 1.40 bits per heavy atom. The van der Waals surface area contributed by atoms with Gasteiger partial charge in [-0.05, 0) is 12.8 Å². The van der Waals surface area contributed by atoms with Crippen LogP contribution in [0.1, 0.15) is 181 Å². The molecule has 0 aromatic rings. The molecule has 0 aliphatic carbocycles. The molecule has 13 heteroatoms. The van der Waals surface area contributed by atoms with E-state index in [2.05, 4.69) is 13.8 Å². The number of carbonyl (C=O) groups excluding carboxylic acids is 2. The summed E-state index contributed by atoms with van der Waals surface area (Å²) in [5.41, 5.74) is 0. The molecule has 1 rings (SSSR count). The van der Waals surface area contributed by atoms with Gasteiger partial charge in [0.2, 0.25) is 0 Å². The van der Waals surface area contributed by atoms with Gasteiger partial charge in [0.05, 0.1) is 6.61 Å². The number of hydrogen-bond acceptors (Lipinski definition) is 11. The highest BCUT2D eigenvalue weighted by molar-refractivity contribution is 7.85. The Morgan fingerprint density at radius 2 is 0.981 bits per heavy atom. The lowest BCUT2D eigenvalue weighted by Gasteiger charge is -2.40. The molecular weight excluding hydrogens is 692 g/mol. The number of ether oxygens (including phenoxy) is 4. The van der Waals surface area contributed by atoms with Crippen LogP contribution in [0.15, 0.2) is 0 Å². The van der Waals surface area contributed by atoms with Crippen LogP contribution < -0.4 is 0 Å². The van der Waals surface area contributed by atoms with Crippen molar-refractivity contribution in [1.82, 2.24) is 0 Å². The van der Waals surface area contributed by atoms with Gasteiger partial charge in [-0.2, -0.15) is 8.42 Å². The molecule has 0 bridgehead atoms. The van der Waals surface area contributed by atoms with Crippen LogP contribution in [0.5, 0.6) is 0 Å². The number of hydrogen-bond donors (Lipinski definition) is 4. The average molecular weight is 767 g/mol. The summed E-state index contributed by atoms with van der Waals surface area (Å²) in [6.45, 7) is 3.74. The van der Waals surface area contributed by atoms with E-state index in [0.29, 0.717) is 12.8 Å². The fraction of sp³-hybridized carbons (Fsp3) is 0.949. The van der Waals surface area contributed by atoms with Gasteiger partial charge in [0.15, 0.2) is 12.4 Å². The number of unbranched alkanes of at least 4 members (excludes halogenated alkanes) is 22. The molecule has 6 atom stereocenters. The number of carbonyl (C=O) groups is 2. The topological polar surface area (TPSA) is 186 Å². The fourth-order valence-electron chi connectivity index (χ4n) is 6.44. The molecule has 0 aromatic carbocycles. The average Bonchev–Trinajstić information content (AvgIpc) is 3.10. The maximum absolute atomic E-state index is 12.7. The quantitative estimate of drug-likeness (QED) is 0.0291. The lowest BCUT2D eigenvalue weighted by Crippen LogP contribution is -2.60. The third kappa shape index (κ3) is 25.6. The number of aliphatic hydroxyl groups excluding tert-OH is 3. The van der Waals surface area contributed by atoms with Crippen LogP contribution in [0.3, 0.4) is 0 Å². The molecule has 1 saturated heterocycles. The summed E-state index contributed by atoms with van der Waals surface area (Å²) in [6, 6.07) is 0. The molecule has 0 spiro atoms. The number of aliphatic hydroxyl groups is 3. The lowest BCUT2D eigenvalue weighted by atomic mass is 10.00. The van der Waals surface area contributed by atoms with Crippen molar-refractivity contribution in [2.75, 3.05) is 19.0 Å². The second-order valence-electron chi connectivity index (χ2n) is 14.7. The Labute approximate surface area is 314 Å². The zero-order chi connectivity index (χ0) is 38.5. The van der Waals surface area contributed by atoms with Crippen molar-refractivity contribution in [3.63, 3.8) is 0 Å². The van der Waals surface area contributed by atoms with Crippen LogP contribution in [-0.4, -0.2) is 96.0 Å². The third-order valence-corrected chi connectivity index (χ3v) is 10.4. The minimum Gasteiger partial charge on any atom is -0.462 e. The first-order valence-corrected chi connectivity index (χ1v) is 22.2. The van der Waals surface area contributed by atoms with Gasteiger partial charge in [-0.25, -0.2) is 0 Å². The van der Waals surface area contributed by atoms with E-state index in [1.807, 2.05) is 0 Å². The van der Waals surface area contributed by atoms with Crippen LogP contribution in [-0.2, 0) is 38.7 Å². The van der Waals surface area contributed by atoms with Gasteiger partial charge in [0, 0.05) is 12.8 Å². The number of rotatable bonds is 34. The molecule has 12 nitrogen and oxygen atoms in total. The molecular formula is C39H74O12S. The highest BCUT2D eigenvalue weighted by Crippen LogP contribution is 2.24. The van der Waals surface area contributed by atoms with Crippen LogP contribution in [0.4, 0.5) is 0 Å². The van der Waals surface area contributed by atoms with E-state index in [0.717, 1.165) is 38.5 Å². The van der Waals surface area contributed by atoms with Gasteiger partial charge in [0.1, 0.15) is 36.8 Å². The first kappa shape index (κ1) is 48.7. The van der Waals surface area contributed by atoms with Crippen LogP contribution in [0.2, 0.25) is 0 Å². The molecule has 0 aromatic heterocycles. The number of esters is 2. The Bertz CT molecular complexity index is 994. The Kier molecular flexibility index (Phi) is 28.9. The normalized spacial score (nSPS) is 21.2. The molecule has 0 saturated carbocycles. The van der Waals surface area contributed by atoms with E-state index in [4.69, 9.17) is 18.9 Å². The van der Waals surface area contributed by atoms with Crippen molar-refractivity contribution in [3.8, 4) is 0 Å². The third-order valence-electron chi connectivity index (χ3n) is 9.69. The van der Waals surface area contributed by atoms with Crippen molar-refractivity contribution < 1.29 is 56.8 Å². The maximum Gasteiger partial charge on any atom is 0.306 e. The van der Waals surface area contributed by atoms with E-state index in [1.165, 1.54) is 103 Å². The molecule has 1 aliphatic rings. The van der Waals surface area contributed by atoms with Gasteiger partial charge in [0.25, 0.3) is 10.1 Å². The SMILES string of the molecule is CCCCCCCCCCCCCCCC(=O)OCC(COC1OC(CS(=O)(=O)O)C(O)C(O)C1O)OC(=O)CCCCCCCCCCCCC. The molecule has 1 fully saturated rings. The molecule has 0 amide bonds. The predicted octanol–water partition coefficient (Wildman–Crippen LogP) is 7.34. The van der Waals surface area contributed by atoms with E-state index < -0.39 is 71.2 Å². The predicted molar refractivity (Wildman–Crippen MR) is 201 cm³/mol. The largest absolute Gasteiger partial charge is 0.462 e. The first-order valence-electron chi connectivity index (χ1n) is 20.6. The molecule has 1 heterocycles. The summed E-state index contributed by atoms with van der Waals surface area (Å²) in [7, 11) is -4.59. The Hall–Kier alpha value is -1.35. The maximum atomic E-state index is 12.7. The minimum absolute atomic E-state index is 0.171. The van der Waals surface area contributed by atoms with Crippen molar-refractivity contribution in [2.24, 2.45) is 0 Å². The summed E-state index contributed by atoms with van der Waals surface area (Å²) in [5, 5.41) is 30.8. The minimum atomic E-state index is -4.59. The van der Waals surface area contributed by atoms with E-state index in [1.54, 1.807) is 0 Å². The molecule has 308 valence electrons. The van der Waals surface area contributed by atoms with E-state index >= 15 is 0 Å². The summed E-state index contributed by atoms with van der Waals surface area (Å²) >= 11 is 0. The van der Waals surface area contributed by atoms with Crippen molar-refractivity contribution >= 4 is 22.1 Å². The molecule has 4 N–H and O–H groups in total. The standard InChI is InChI=1S/C39H74O12S/c1-3-5-7-9-11-13-15-16-18-19-21-23-25-27-34(40)48-29-32(50-35(41)28-26-24-22-20-17-14-12-10-8-6-4-2)30-49-39-38(44)37(43)36(42)33(51-39)31-52(45,46)47/h32-33,36-39,42-44H,3-31H2,1-2H3,(H,45,46,47). The van der Waals surface area contributed by atoms with Gasteiger partial charge in [-0.15, -0.1) is 0 Å². The monoisotopic (exact) mass is 766 g/mol. The summed E-state index contributed by atoms with van der Waals surface area (Å²) < 4.78 is 53.8. The lowest BCUT2D eigenvalue weighted by molar-refractivity contribution is -0.297. The molecule has 1 aliphatic heterocycles. The zero-order valence-corrected chi connectivity index (χ0v) is 33.2. The van der Waals surface area contributed by atoms with Gasteiger partial charge in [-0.1, -0.05) is 155 Å².